The van der Waals surface area contributed by atoms with Gasteiger partial charge >= 0.3 is 0 Å². The van der Waals surface area contributed by atoms with Crippen LogP contribution in [0.4, 0.5) is 8.78 Å². The lowest BCUT2D eigenvalue weighted by atomic mass is 10.1. The van der Waals surface area contributed by atoms with Crippen LogP contribution in [-0.2, 0) is 0 Å². The van der Waals surface area contributed by atoms with Gasteiger partial charge in [0.25, 0.3) is 5.91 Å². The Morgan fingerprint density at radius 3 is 2.50 bits per heavy atom. The first-order chi connectivity index (χ1) is 7.29. The summed E-state index contributed by atoms with van der Waals surface area (Å²) >= 11 is 0. The Bertz CT molecular complexity index is 399. The van der Waals surface area contributed by atoms with E-state index in [-0.39, 0.29) is 12.1 Å². The molecular formula is C11H14F2N2O. The van der Waals surface area contributed by atoms with Gasteiger partial charge in [-0.2, -0.15) is 0 Å². The van der Waals surface area contributed by atoms with Crippen molar-refractivity contribution in [3.63, 3.8) is 0 Å². The van der Waals surface area contributed by atoms with E-state index in [0.717, 1.165) is 12.1 Å². The fourth-order valence-electron chi connectivity index (χ4n) is 1.05. The van der Waals surface area contributed by atoms with Gasteiger partial charge in [0.1, 0.15) is 0 Å². The Morgan fingerprint density at radius 2 is 2.00 bits per heavy atom. The predicted molar refractivity (Wildman–Crippen MR) is 57.0 cm³/mol. The first-order valence-electron chi connectivity index (χ1n) is 4.82. The third kappa shape index (κ3) is 3.58. The zero-order chi connectivity index (χ0) is 12.3. The average molecular weight is 228 g/mol. The smallest absolute Gasteiger partial charge is 0.251 e. The van der Waals surface area contributed by atoms with E-state index in [1.807, 2.05) is 0 Å². The van der Waals surface area contributed by atoms with Crippen LogP contribution in [0.5, 0.6) is 0 Å². The maximum absolute atomic E-state index is 12.8. The highest BCUT2D eigenvalue weighted by atomic mass is 19.2. The summed E-state index contributed by atoms with van der Waals surface area (Å²) < 4.78 is 25.4. The highest BCUT2D eigenvalue weighted by Gasteiger charge is 2.14. The van der Waals surface area contributed by atoms with Crippen LogP contribution in [0.2, 0.25) is 0 Å². The predicted octanol–water partition coefficient (Wildman–Crippen LogP) is 1.43. The van der Waals surface area contributed by atoms with Crippen molar-refractivity contribution in [2.75, 3.05) is 6.54 Å². The number of carbonyl (C=O) groups excluding carboxylic acids is 1. The second kappa shape index (κ2) is 4.57. The molecule has 5 heteroatoms. The molecule has 0 bridgehead atoms. The van der Waals surface area contributed by atoms with Crippen LogP contribution in [0.3, 0.4) is 0 Å². The minimum absolute atomic E-state index is 0.0724. The van der Waals surface area contributed by atoms with Crippen LogP contribution in [0.1, 0.15) is 24.2 Å². The number of carbonyl (C=O) groups is 1. The summed E-state index contributed by atoms with van der Waals surface area (Å²) in [4.78, 5) is 11.5. The van der Waals surface area contributed by atoms with Crippen molar-refractivity contribution in [1.29, 1.82) is 0 Å². The third-order valence-corrected chi connectivity index (χ3v) is 1.89. The lowest BCUT2D eigenvalue weighted by molar-refractivity contribution is 0.0945. The molecule has 0 atom stereocenters. The molecule has 0 spiro atoms. The molecule has 0 unspecified atom stereocenters. The lowest BCUT2D eigenvalue weighted by Gasteiger charge is -2.18. The largest absolute Gasteiger partial charge is 0.350 e. The van der Waals surface area contributed by atoms with Crippen molar-refractivity contribution in [3.8, 4) is 0 Å². The van der Waals surface area contributed by atoms with Crippen LogP contribution >= 0.6 is 0 Å². The Balaban J connectivity index is 2.70. The summed E-state index contributed by atoms with van der Waals surface area (Å²) in [5, 5.41) is 2.53. The van der Waals surface area contributed by atoms with Gasteiger partial charge in [0.15, 0.2) is 11.6 Å². The van der Waals surface area contributed by atoms with Crippen molar-refractivity contribution in [2.24, 2.45) is 5.73 Å². The Hall–Kier alpha value is -1.49. The van der Waals surface area contributed by atoms with Crippen LogP contribution < -0.4 is 11.1 Å². The molecule has 0 fully saturated rings. The molecule has 0 radical (unpaired) electrons. The van der Waals surface area contributed by atoms with Gasteiger partial charge in [0.05, 0.1) is 0 Å². The molecule has 0 saturated heterocycles. The highest BCUT2D eigenvalue weighted by Crippen LogP contribution is 2.08. The minimum atomic E-state index is -1.04. The topological polar surface area (TPSA) is 55.1 Å². The van der Waals surface area contributed by atoms with Crippen LogP contribution in [0, 0.1) is 11.6 Å². The zero-order valence-electron chi connectivity index (χ0n) is 9.18. The fraction of sp³-hybridized carbons (Fsp3) is 0.364. The molecule has 88 valence electrons. The first-order valence-corrected chi connectivity index (χ1v) is 4.82. The first kappa shape index (κ1) is 12.6. The molecular weight excluding hydrogens is 214 g/mol. The van der Waals surface area contributed by atoms with E-state index in [4.69, 9.17) is 5.73 Å². The molecule has 0 saturated carbocycles. The molecule has 0 heterocycles. The molecule has 1 aromatic carbocycles. The average Bonchev–Trinajstić information content (AvgIpc) is 2.17. The van der Waals surface area contributed by atoms with E-state index in [9.17, 15) is 13.6 Å². The van der Waals surface area contributed by atoms with Crippen molar-refractivity contribution in [1.82, 2.24) is 5.32 Å². The second-order valence-electron chi connectivity index (χ2n) is 4.30. The van der Waals surface area contributed by atoms with Gasteiger partial charge in [0, 0.05) is 17.6 Å². The number of nitrogens with two attached hydrogens (primary N) is 1. The Morgan fingerprint density at radius 1 is 1.38 bits per heavy atom. The van der Waals surface area contributed by atoms with Gasteiger partial charge in [-0.15, -0.1) is 0 Å². The van der Waals surface area contributed by atoms with Gasteiger partial charge in [0.2, 0.25) is 0 Å². The van der Waals surface area contributed by atoms with E-state index in [1.165, 1.54) is 6.07 Å². The van der Waals surface area contributed by atoms with Crippen molar-refractivity contribution < 1.29 is 13.6 Å². The molecule has 0 aliphatic heterocycles. The molecule has 1 amide bonds. The monoisotopic (exact) mass is 228 g/mol. The van der Waals surface area contributed by atoms with Gasteiger partial charge in [-0.25, -0.2) is 8.78 Å². The summed E-state index contributed by atoms with van der Waals surface area (Å²) in [6.07, 6.45) is 0. The minimum Gasteiger partial charge on any atom is -0.350 e. The third-order valence-electron chi connectivity index (χ3n) is 1.89. The Labute approximate surface area is 92.6 Å². The highest BCUT2D eigenvalue weighted by molar-refractivity contribution is 5.94. The Kier molecular flexibility index (Phi) is 3.59. The lowest BCUT2D eigenvalue weighted by Crippen LogP contribution is -2.45. The zero-order valence-corrected chi connectivity index (χ0v) is 9.18. The summed E-state index contributed by atoms with van der Waals surface area (Å²) in [5.74, 6) is -2.49. The van der Waals surface area contributed by atoms with Crippen LogP contribution in [0.25, 0.3) is 0 Å². The molecule has 3 nitrogen and oxygen atoms in total. The second-order valence-corrected chi connectivity index (χ2v) is 4.30. The SMILES string of the molecule is CC(C)(N)CNC(=O)c1ccc(F)c(F)c1. The van der Waals surface area contributed by atoms with Crippen LogP contribution in [-0.4, -0.2) is 18.0 Å². The van der Waals surface area contributed by atoms with Crippen molar-refractivity contribution >= 4 is 5.91 Å². The molecule has 1 rings (SSSR count). The number of benzene rings is 1. The standard InChI is InChI=1S/C11H14F2N2O/c1-11(2,14)6-15-10(16)7-3-4-8(12)9(13)5-7/h3-5H,6,14H2,1-2H3,(H,15,16). The summed E-state index contributed by atoms with van der Waals surface area (Å²) in [6.45, 7) is 3.75. The number of hydrogen-bond donors (Lipinski definition) is 2. The van der Waals surface area contributed by atoms with Gasteiger partial charge in [-0.05, 0) is 32.0 Å². The number of nitrogens with one attached hydrogen (secondary N) is 1. The van der Waals surface area contributed by atoms with E-state index in [1.54, 1.807) is 13.8 Å². The normalized spacial score (nSPS) is 11.3. The van der Waals surface area contributed by atoms with Crippen LogP contribution in [0.15, 0.2) is 18.2 Å². The molecule has 3 N–H and O–H groups in total. The molecule has 1 aromatic rings. The molecule has 0 aromatic heterocycles. The molecule has 0 aliphatic rings. The van der Waals surface area contributed by atoms with E-state index in [2.05, 4.69) is 5.32 Å². The quantitative estimate of drug-likeness (QED) is 0.822. The van der Waals surface area contributed by atoms with Gasteiger partial charge in [-0.1, -0.05) is 0 Å². The van der Waals surface area contributed by atoms with E-state index < -0.39 is 23.1 Å². The van der Waals surface area contributed by atoms with Gasteiger partial charge in [-0.3, -0.25) is 4.79 Å². The number of amides is 1. The summed E-state index contributed by atoms with van der Waals surface area (Å²) in [7, 11) is 0. The van der Waals surface area contributed by atoms with Gasteiger partial charge < -0.3 is 11.1 Å². The van der Waals surface area contributed by atoms with E-state index >= 15 is 0 Å². The van der Waals surface area contributed by atoms with Crippen molar-refractivity contribution in [3.05, 3.63) is 35.4 Å². The molecule has 16 heavy (non-hydrogen) atoms. The number of hydrogen-bond acceptors (Lipinski definition) is 2. The maximum atomic E-state index is 12.8. The van der Waals surface area contributed by atoms with E-state index in [0.29, 0.717) is 0 Å². The summed E-state index contributed by atoms with van der Waals surface area (Å²) in [6, 6.07) is 2.99. The molecule has 0 aliphatic carbocycles. The number of rotatable bonds is 3. The maximum Gasteiger partial charge on any atom is 0.251 e. The summed E-state index contributed by atoms with van der Waals surface area (Å²) in [5.41, 5.74) is 5.19. The number of halogens is 2. The van der Waals surface area contributed by atoms with Crippen molar-refractivity contribution in [2.45, 2.75) is 19.4 Å². The fourth-order valence-corrected chi connectivity index (χ4v) is 1.05.